The molecular formula is C50H72O8. The van der Waals surface area contributed by atoms with Crippen molar-refractivity contribution in [3.8, 4) is 0 Å². The summed E-state index contributed by atoms with van der Waals surface area (Å²) in [6.45, 7) is 20.5. The number of aliphatic hydroxyl groups excluding tert-OH is 2. The van der Waals surface area contributed by atoms with E-state index in [4.69, 9.17) is 9.47 Å². The summed E-state index contributed by atoms with van der Waals surface area (Å²) in [5.74, 6) is 4.24. The molecule has 58 heavy (non-hydrogen) atoms. The van der Waals surface area contributed by atoms with Crippen LogP contribution < -0.4 is 0 Å². The smallest absolute Gasteiger partial charge is 0.311 e. The second-order valence-electron chi connectivity index (χ2n) is 24.3. The Labute approximate surface area is 347 Å². The molecule has 8 nitrogen and oxygen atoms in total. The predicted molar refractivity (Wildman–Crippen MR) is 220 cm³/mol. The monoisotopic (exact) mass is 801 g/mol. The molecule has 8 fully saturated rings. The fraction of sp³-hybridized carbons (Fsp3) is 0.840. The van der Waals surface area contributed by atoms with Crippen molar-refractivity contribution in [1.29, 1.82) is 0 Å². The van der Waals surface area contributed by atoms with Crippen LogP contribution in [0, 0.1) is 91.7 Å². The van der Waals surface area contributed by atoms with Crippen molar-refractivity contribution in [2.45, 2.75) is 171 Å². The van der Waals surface area contributed by atoms with Crippen LogP contribution in [0.4, 0.5) is 0 Å². The molecule has 0 amide bonds. The van der Waals surface area contributed by atoms with E-state index >= 15 is 0 Å². The molecule has 18 atom stereocenters. The van der Waals surface area contributed by atoms with E-state index in [-0.39, 0.29) is 69.5 Å². The van der Waals surface area contributed by atoms with E-state index in [0.29, 0.717) is 47.1 Å². The summed E-state index contributed by atoms with van der Waals surface area (Å²) in [5.41, 5.74) is 1.28. The molecule has 8 saturated carbocycles. The second-order valence-corrected chi connectivity index (χ2v) is 24.3. The van der Waals surface area contributed by atoms with Gasteiger partial charge in [0.2, 0.25) is 0 Å². The summed E-state index contributed by atoms with van der Waals surface area (Å²) >= 11 is 0. The third kappa shape index (κ3) is 5.99. The van der Waals surface area contributed by atoms with Crippen LogP contribution in [0.3, 0.4) is 0 Å². The number of ether oxygens (including phenoxy) is 2. The van der Waals surface area contributed by atoms with Gasteiger partial charge in [0.25, 0.3) is 0 Å². The summed E-state index contributed by atoms with van der Waals surface area (Å²) < 4.78 is 11.7. The SMILES string of the molecule is CC(C)(C)C(=O)O[C@H]1CC[C@@]2(C)C(=C[C@H](O)[C@@H]3[C@H]4[C@@H]5C[C@@H]5C(=O)[C@@]4(C)CC[C@@H]32)C1.CC(C)(C)C(=O)O[C@H]1CC[C@@]2(C)C(=C[C@H](O)[C@H]3[C@@H]4[C@@H]5C[C@@H]5C(=O)[C@@]4(C)CC[C@@H]32)C1. The minimum atomic E-state index is -0.490. The van der Waals surface area contributed by atoms with E-state index in [2.05, 4.69) is 39.8 Å². The number of ketones is 2. The number of aliphatic hydroxyl groups is 2. The fourth-order valence-corrected chi connectivity index (χ4v) is 15.4. The van der Waals surface area contributed by atoms with Crippen LogP contribution in [0.5, 0.6) is 0 Å². The summed E-state index contributed by atoms with van der Waals surface area (Å²) in [6.07, 6.45) is 14.4. The maximum atomic E-state index is 12.9. The van der Waals surface area contributed by atoms with Gasteiger partial charge in [-0.25, -0.2) is 0 Å². The highest BCUT2D eigenvalue weighted by atomic mass is 16.5. The lowest BCUT2D eigenvalue weighted by atomic mass is 9.46. The molecule has 320 valence electrons. The molecular weight excluding hydrogens is 729 g/mol. The van der Waals surface area contributed by atoms with Gasteiger partial charge < -0.3 is 19.7 Å². The second kappa shape index (κ2) is 13.1. The minimum Gasteiger partial charge on any atom is -0.462 e. The van der Waals surface area contributed by atoms with E-state index < -0.39 is 23.0 Å². The number of Topliss-reactive ketones (excluding diaryl/α,β-unsaturated/α-hetero) is 2. The Morgan fingerprint density at radius 3 is 1.28 bits per heavy atom. The van der Waals surface area contributed by atoms with Gasteiger partial charge in [-0.2, -0.15) is 0 Å². The van der Waals surface area contributed by atoms with Gasteiger partial charge >= 0.3 is 11.9 Å². The molecule has 0 bridgehead atoms. The average molecular weight is 801 g/mol. The van der Waals surface area contributed by atoms with Crippen molar-refractivity contribution in [2.24, 2.45) is 91.7 Å². The molecule has 10 aliphatic rings. The average Bonchev–Trinajstić information content (AvgIpc) is 4.06. The zero-order chi connectivity index (χ0) is 41.9. The Morgan fingerprint density at radius 2 is 0.931 bits per heavy atom. The van der Waals surface area contributed by atoms with E-state index in [1.807, 2.05) is 41.5 Å². The van der Waals surface area contributed by atoms with E-state index in [1.54, 1.807) is 0 Å². The van der Waals surface area contributed by atoms with Gasteiger partial charge in [-0.15, -0.1) is 0 Å². The van der Waals surface area contributed by atoms with Crippen LogP contribution in [0.15, 0.2) is 23.3 Å². The van der Waals surface area contributed by atoms with Crippen LogP contribution in [0.2, 0.25) is 0 Å². The van der Waals surface area contributed by atoms with Crippen molar-refractivity contribution in [3.05, 3.63) is 23.3 Å². The third-order valence-corrected chi connectivity index (χ3v) is 18.9. The Balaban J connectivity index is 0.000000150. The van der Waals surface area contributed by atoms with Crippen molar-refractivity contribution in [1.82, 2.24) is 0 Å². The highest BCUT2D eigenvalue weighted by Crippen LogP contribution is 2.73. The molecule has 0 aromatic heterocycles. The number of fused-ring (bicyclic) bond motifs is 14. The summed E-state index contributed by atoms with van der Waals surface area (Å²) in [4.78, 5) is 50.6. The minimum absolute atomic E-state index is 0.0614. The molecule has 10 rings (SSSR count). The number of carbonyl (C=O) groups is 4. The van der Waals surface area contributed by atoms with Crippen LogP contribution in [0.25, 0.3) is 0 Å². The number of hydrogen-bond donors (Lipinski definition) is 2. The molecule has 0 unspecified atom stereocenters. The molecule has 10 aliphatic carbocycles. The van der Waals surface area contributed by atoms with Gasteiger partial charge in [0.05, 0.1) is 23.0 Å². The quantitative estimate of drug-likeness (QED) is 0.210. The maximum Gasteiger partial charge on any atom is 0.311 e. The lowest BCUT2D eigenvalue weighted by molar-refractivity contribution is -0.162. The standard InChI is InChI=1S/2C25H36O4/c2*1-23(2,3)22(28)29-14-6-8-24(4)13(10-14)11-18(26)19-17(24)7-9-25(5)20(19)15-12-16(15)21(25)27/h2*11,14-20,26H,6-10,12H2,1-5H3/t14-,15+,16-,17-,18-,19+,20+,24-,25-;14-,15+,16-,17-,18-,19-,20-,24-,25-/m00/s1. The number of carbonyl (C=O) groups excluding carboxylic acids is 4. The van der Waals surface area contributed by atoms with Crippen LogP contribution in [-0.2, 0) is 28.7 Å². The van der Waals surface area contributed by atoms with E-state index in [1.165, 1.54) is 11.1 Å². The Hall–Kier alpha value is -2.32. The Morgan fingerprint density at radius 1 is 0.586 bits per heavy atom. The third-order valence-electron chi connectivity index (χ3n) is 18.9. The fourth-order valence-electron chi connectivity index (χ4n) is 15.4. The zero-order valence-electron chi connectivity index (χ0n) is 37.1. The maximum absolute atomic E-state index is 12.9. The Bertz CT molecular complexity index is 1710. The summed E-state index contributed by atoms with van der Waals surface area (Å²) in [5, 5.41) is 22.5. The molecule has 2 N–H and O–H groups in total. The van der Waals surface area contributed by atoms with Crippen LogP contribution >= 0.6 is 0 Å². The Kier molecular flexibility index (Phi) is 9.27. The molecule has 0 aliphatic heterocycles. The first-order chi connectivity index (χ1) is 26.9. The van der Waals surface area contributed by atoms with Gasteiger partial charge in [0.15, 0.2) is 0 Å². The van der Waals surface area contributed by atoms with Crippen molar-refractivity contribution in [3.63, 3.8) is 0 Å². The molecule has 0 spiro atoms. The predicted octanol–water partition coefficient (Wildman–Crippen LogP) is 8.61. The first-order valence-corrected chi connectivity index (χ1v) is 23.2. The molecule has 0 aromatic rings. The van der Waals surface area contributed by atoms with Gasteiger partial charge in [-0.1, -0.05) is 51.0 Å². The van der Waals surface area contributed by atoms with Crippen LogP contribution in [0.1, 0.15) is 146 Å². The van der Waals surface area contributed by atoms with Gasteiger partial charge in [0, 0.05) is 35.5 Å². The lowest BCUT2D eigenvalue weighted by Gasteiger charge is -2.58. The number of esters is 2. The normalized spacial score (nSPS) is 50.6. The van der Waals surface area contributed by atoms with E-state index in [0.717, 1.165) is 77.0 Å². The zero-order valence-corrected chi connectivity index (χ0v) is 37.1. The number of hydrogen-bond acceptors (Lipinski definition) is 8. The van der Waals surface area contributed by atoms with Crippen molar-refractivity contribution in [2.75, 3.05) is 0 Å². The molecule has 8 heteroatoms. The first-order valence-electron chi connectivity index (χ1n) is 23.2. The van der Waals surface area contributed by atoms with Gasteiger partial charge in [-0.05, 0) is 164 Å². The summed E-state index contributed by atoms with van der Waals surface area (Å²) in [6, 6.07) is 0. The van der Waals surface area contributed by atoms with Crippen LogP contribution in [-0.4, -0.2) is 58.1 Å². The van der Waals surface area contributed by atoms with Crippen molar-refractivity contribution < 1.29 is 38.9 Å². The van der Waals surface area contributed by atoms with Gasteiger partial charge in [0.1, 0.15) is 23.8 Å². The first kappa shape index (κ1) is 41.1. The molecule has 0 saturated heterocycles. The largest absolute Gasteiger partial charge is 0.462 e. The summed E-state index contributed by atoms with van der Waals surface area (Å²) in [7, 11) is 0. The van der Waals surface area contributed by atoms with Gasteiger partial charge in [-0.3, -0.25) is 19.2 Å². The lowest BCUT2D eigenvalue weighted by Crippen LogP contribution is -2.56. The van der Waals surface area contributed by atoms with Crippen molar-refractivity contribution >= 4 is 23.5 Å². The van der Waals surface area contributed by atoms with E-state index in [9.17, 15) is 29.4 Å². The highest BCUT2D eigenvalue weighted by Gasteiger charge is 2.73. The molecule has 0 heterocycles. The molecule has 0 radical (unpaired) electrons. The number of rotatable bonds is 2. The topological polar surface area (TPSA) is 127 Å². The molecule has 0 aromatic carbocycles. The highest BCUT2D eigenvalue weighted by molar-refractivity contribution is 5.93.